The normalized spacial score (nSPS) is 16.1. The summed E-state index contributed by atoms with van der Waals surface area (Å²) in [4.78, 5) is 17.5. The number of anilines is 1. The highest BCUT2D eigenvalue weighted by Crippen LogP contribution is 2.38. The van der Waals surface area contributed by atoms with Crippen molar-refractivity contribution in [1.82, 2.24) is 9.88 Å². The number of pyridine rings is 1. The number of carbonyl (C=O) groups excluding carboxylic acids is 1. The molecular formula is C18H16N4O3S2. The number of primary amides is 1. The number of carbonyl (C=O) groups is 1. The highest BCUT2D eigenvalue weighted by molar-refractivity contribution is 7.94. The van der Waals surface area contributed by atoms with Gasteiger partial charge in [-0.3, -0.25) is 9.71 Å². The summed E-state index contributed by atoms with van der Waals surface area (Å²) in [5.74, 6) is 0. The number of nitrogens with one attached hydrogen (secondary N) is 1. The molecule has 0 saturated carbocycles. The van der Waals surface area contributed by atoms with E-state index in [1.807, 2.05) is 6.07 Å². The maximum Gasteiger partial charge on any atom is 0.315 e. The third-order valence-corrected chi connectivity index (χ3v) is 7.19. The standard InChI is InChI=1S/C18H16N4O3S2/c19-18(23)22-11-13-10-20-8-7-15(13)17(22)12-3-5-14(6-4-12)21-27(24,25)16-2-1-9-26-16/h1-10,17,21H,11H2,(H2,19,23). The Kier molecular flexibility index (Phi) is 4.33. The summed E-state index contributed by atoms with van der Waals surface area (Å²) in [5.41, 5.74) is 8.76. The number of hydrogen-bond acceptors (Lipinski definition) is 5. The maximum atomic E-state index is 12.3. The smallest absolute Gasteiger partial charge is 0.315 e. The van der Waals surface area contributed by atoms with Gasteiger partial charge in [0.05, 0.1) is 12.6 Å². The zero-order valence-corrected chi connectivity index (χ0v) is 15.7. The molecule has 1 aromatic carbocycles. The van der Waals surface area contributed by atoms with Gasteiger partial charge in [-0.1, -0.05) is 18.2 Å². The van der Waals surface area contributed by atoms with Gasteiger partial charge < -0.3 is 10.6 Å². The Hall–Kier alpha value is -2.91. The van der Waals surface area contributed by atoms with Crippen molar-refractivity contribution in [1.29, 1.82) is 0 Å². The minimum absolute atomic E-state index is 0.253. The number of urea groups is 1. The summed E-state index contributed by atoms with van der Waals surface area (Å²) in [6.45, 7) is 0.399. The summed E-state index contributed by atoms with van der Waals surface area (Å²) < 4.78 is 27.5. The molecule has 0 bridgehead atoms. The Morgan fingerprint density at radius 2 is 2.00 bits per heavy atom. The average Bonchev–Trinajstić information content (AvgIpc) is 3.30. The van der Waals surface area contributed by atoms with Crippen molar-refractivity contribution in [2.24, 2.45) is 5.73 Å². The Balaban J connectivity index is 1.63. The van der Waals surface area contributed by atoms with Crippen LogP contribution in [0.3, 0.4) is 0 Å². The molecule has 1 aliphatic rings. The van der Waals surface area contributed by atoms with Crippen molar-refractivity contribution in [3.63, 3.8) is 0 Å². The number of thiophene rings is 1. The van der Waals surface area contributed by atoms with Gasteiger partial charge in [-0.05, 0) is 46.3 Å². The first-order chi connectivity index (χ1) is 13.0. The molecule has 3 aromatic rings. The fourth-order valence-corrected chi connectivity index (χ4v) is 5.25. The Morgan fingerprint density at radius 1 is 1.22 bits per heavy atom. The van der Waals surface area contributed by atoms with Gasteiger partial charge >= 0.3 is 6.03 Å². The van der Waals surface area contributed by atoms with E-state index < -0.39 is 16.1 Å². The fourth-order valence-electron chi connectivity index (χ4n) is 3.20. The molecule has 2 amide bonds. The minimum atomic E-state index is -3.60. The monoisotopic (exact) mass is 400 g/mol. The SMILES string of the molecule is NC(=O)N1Cc2cnccc2C1c1ccc(NS(=O)(=O)c2cccs2)cc1. The molecule has 4 rings (SSSR count). The zero-order chi connectivity index (χ0) is 19.0. The predicted octanol–water partition coefficient (Wildman–Crippen LogP) is 2.93. The first-order valence-electron chi connectivity index (χ1n) is 8.11. The first kappa shape index (κ1) is 17.5. The highest BCUT2D eigenvalue weighted by atomic mass is 32.2. The minimum Gasteiger partial charge on any atom is -0.351 e. The molecule has 0 fully saturated rings. The first-order valence-corrected chi connectivity index (χ1v) is 10.5. The second-order valence-electron chi connectivity index (χ2n) is 6.10. The number of aromatic nitrogens is 1. The lowest BCUT2D eigenvalue weighted by molar-refractivity contribution is 0.199. The number of rotatable bonds is 4. The van der Waals surface area contributed by atoms with Crippen molar-refractivity contribution >= 4 is 33.1 Å². The van der Waals surface area contributed by atoms with Gasteiger partial charge in [0.15, 0.2) is 0 Å². The predicted molar refractivity (Wildman–Crippen MR) is 103 cm³/mol. The van der Waals surface area contributed by atoms with Crippen LogP contribution in [0.25, 0.3) is 0 Å². The van der Waals surface area contributed by atoms with Gasteiger partial charge in [0.25, 0.3) is 10.0 Å². The van der Waals surface area contributed by atoms with Crippen LogP contribution in [-0.2, 0) is 16.6 Å². The Morgan fingerprint density at radius 3 is 2.67 bits per heavy atom. The quantitative estimate of drug-likeness (QED) is 0.702. The van der Waals surface area contributed by atoms with Crippen molar-refractivity contribution in [2.75, 3.05) is 4.72 Å². The molecule has 1 unspecified atom stereocenters. The van der Waals surface area contributed by atoms with Crippen LogP contribution in [0.2, 0.25) is 0 Å². The van der Waals surface area contributed by atoms with E-state index in [1.54, 1.807) is 59.1 Å². The van der Waals surface area contributed by atoms with Crippen LogP contribution in [-0.4, -0.2) is 24.3 Å². The molecule has 0 saturated heterocycles. The van der Waals surface area contributed by atoms with Crippen LogP contribution >= 0.6 is 11.3 Å². The van der Waals surface area contributed by atoms with Gasteiger partial charge in [-0.25, -0.2) is 13.2 Å². The van der Waals surface area contributed by atoms with Gasteiger partial charge in [0.1, 0.15) is 4.21 Å². The molecule has 1 atom stereocenters. The second kappa shape index (κ2) is 6.67. The van der Waals surface area contributed by atoms with E-state index in [0.717, 1.165) is 28.0 Å². The lowest BCUT2D eigenvalue weighted by Gasteiger charge is -2.24. The number of sulfonamides is 1. The molecule has 3 N–H and O–H groups in total. The van der Waals surface area contributed by atoms with Gasteiger partial charge in [-0.2, -0.15) is 0 Å². The lowest BCUT2D eigenvalue weighted by Crippen LogP contribution is -2.34. The fraction of sp³-hybridized carbons (Fsp3) is 0.111. The van der Waals surface area contributed by atoms with E-state index in [9.17, 15) is 13.2 Å². The summed E-state index contributed by atoms with van der Waals surface area (Å²) in [7, 11) is -3.60. The molecule has 1 aliphatic heterocycles. The van der Waals surface area contributed by atoms with Crippen molar-refractivity contribution < 1.29 is 13.2 Å². The highest BCUT2D eigenvalue weighted by Gasteiger charge is 2.33. The Bertz CT molecular complexity index is 1080. The van der Waals surface area contributed by atoms with E-state index in [2.05, 4.69) is 9.71 Å². The topological polar surface area (TPSA) is 105 Å². The molecule has 138 valence electrons. The molecule has 0 aliphatic carbocycles. The lowest BCUT2D eigenvalue weighted by atomic mass is 9.99. The van der Waals surface area contributed by atoms with Crippen LogP contribution in [0.15, 0.2) is 64.4 Å². The third-order valence-electron chi connectivity index (χ3n) is 4.41. The second-order valence-corrected chi connectivity index (χ2v) is 8.96. The molecule has 0 spiro atoms. The van der Waals surface area contributed by atoms with Crippen molar-refractivity contribution in [2.45, 2.75) is 16.8 Å². The third kappa shape index (κ3) is 3.26. The average molecular weight is 400 g/mol. The molecule has 3 heterocycles. The molecule has 27 heavy (non-hydrogen) atoms. The summed E-state index contributed by atoms with van der Waals surface area (Å²) >= 11 is 1.15. The molecule has 7 nitrogen and oxygen atoms in total. The zero-order valence-electron chi connectivity index (χ0n) is 14.1. The van der Waals surface area contributed by atoms with E-state index in [4.69, 9.17) is 5.73 Å². The van der Waals surface area contributed by atoms with E-state index in [-0.39, 0.29) is 10.3 Å². The van der Waals surface area contributed by atoms with Crippen LogP contribution in [0.4, 0.5) is 10.5 Å². The van der Waals surface area contributed by atoms with Crippen LogP contribution < -0.4 is 10.5 Å². The largest absolute Gasteiger partial charge is 0.351 e. The van der Waals surface area contributed by atoms with E-state index in [0.29, 0.717) is 12.2 Å². The maximum absolute atomic E-state index is 12.3. The number of benzene rings is 1. The van der Waals surface area contributed by atoms with E-state index >= 15 is 0 Å². The van der Waals surface area contributed by atoms with Crippen molar-refractivity contribution in [3.8, 4) is 0 Å². The summed E-state index contributed by atoms with van der Waals surface area (Å²) in [5, 5.41) is 1.71. The molecule has 2 aromatic heterocycles. The van der Waals surface area contributed by atoms with Gasteiger partial charge in [-0.15, -0.1) is 11.3 Å². The number of fused-ring (bicyclic) bond motifs is 1. The summed E-state index contributed by atoms with van der Waals surface area (Å²) in [6.07, 6.45) is 3.41. The number of nitrogens with two attached hydrogens (primary N) is 1. The summed E-state index contributed by atoms with van der Waals surface area (Å²) in [6, 6.07) is 11.2. The Labute approximate surface area is 160 Å². The molecular weight excluding hydrogens is 384 g/mol. The number of nitrogens with zero attached hydrogens (tertiary/aromatic N) is 2. The van der Waals surface area contributed by atoms with Crippen molar-refractivity contribution in [3.05, 3.63) is 76.9 Å². The number of hydrogen-bond donors (Lipinski definition) is 2. The van der Waals surface area contributed by atoms with Crippen LogP contribution in [0, 0.1) is 0 Å². The van der Waals surface area contributed by atoms with E-state index in [1.165, 1.54) is 0 Å². The molecule has 0 radical (unpaired) electrons. The van der Waals surface area contributed by atoms with Crippen LogP contribution in [0.5, 0.6) is 0 Å². The molecule has 9 heteroatoms. The number of amides is 2. The van der Waals surface area contributed by atoms with Gasteiger partial charge in [0, 0.05) is 18.1 Å². The van der Waals surface area contributed by atoms with Crippen LogP contribution in [0.1, 0.15) is 22.7 Å². The van der Waals surface area contributed by atoms with Gasteiger partial charge in [0.2, 0.25) is 0 Å².